The molecule has 1 aromatic heterocycles. The highest BCUT2D eigenvalue weighted by Crippen LogP contribution is 2.21. The quantitative estimate of drug-likeness (QED) is 0.823. The minimum atomic E-state index is -0.471. The average Bonchev–Trinajstić information content (AvgIpc) is 2.70. The topological polar surface area (TPSA) is 71.5 Å². The number of ether oxygens (including phenoxy) is 1. The number of nitrogens with zero attached hydrogens (tertiary/aromatic N) is 5. The van der Waals surface area contributed by atoms with Gasteiger partial charge in [-0.3, -0.25) is 0 Å². The normalized spacial score (nSPS) is 19.2. The van der Waals surface area contributed by atoms with Crippen molar-refractivity contribution in [2.75, 3.05) is 25.0 Å². The molecule has 128 valence electrons. The number of likely N-dealkylation sites (tertiary alicyclic amines) is 1. The summed E-state index contributed by atoms with van der Waals surface area (Å²) >= 11 is 5.83. The van der Waals surface area contributed by atoms with Gasteiger partial charge < -0.3 is 14.5 Å². The summed E-state index contributed by atoms with van der Waals surface area (Å²) in [6.45, 7) is 7.00. The van der Waals surface area contributed by atoms with E-state index in [0.717, 1.165) is 19.3 Å². The molecule has 7 nitrogen and oxygen atoms in total. The number of anilines is 1. The summed E-state index contributed by atoms with van der Waals surface area (Å²) in [7, 11) is 1.94. The van der Waals surface area contributed by atoms with Gasteiger partial charge >= 0.3 is 6.09 Å². The van der Waals surface area contributed by atoms with Crippen molar-refractivity contribution in [1.82, 2.24) is 19.9 Å². The molecule has 1 saturated heterocycles. The molecule has 0 bridgehead atoms. The first-order valence-electron chi connectivity index (χ1n) is 7.81. The first-order valence-corrected chi connectivity index (χ1v) is 8.19. The van der Waals surface area contributed by atoms with Crippen LogP contribution >= 0.6 is 11.6 Å². The Balaban J connectivity index is 1.97. The van der Waals surface area contributed by atoms with Gasteiger partial charge in [-0.25, -0.2) is 14.8 Å². The van der Waals surface area contributed by atoms with Crippen LogP contribution in [0.3, 0.4) is 0 Å². The molecule has 1 unspecified atom stereocenters. The zero-order valence-corrected chi connectivity index (χ0v) is 14.9. The molecular weight excluding hydrogens is 318 g/mol. The van der Waals surface area contributed by atoms with E-state index in [4.69, 9.17) is 16.3 Å². The monoisotopic (exact) mass is 341 g/mol. The molecule has 0 aromatic carbocycles. The molecule has 1 aliphatic rings. The second kappa shape index (κ2) is 7.29. The lowest BCUT2D eigenvalue weighted by atomic mass is 10.1. The van der Waals surface area contributed by atoms with Crippen molar-refractivity contribution >= 4 is 23.6 Å². The molecule has 0 saturated carbocycles. The summed E-state index contributed by atoms with van der Waals surface area (Å²) in [5.74, 6) is 0.556. The Bertz CT molecular complexity index is 549. The molecule has 23 heavy (non-hydrogen) atoms. The number of hydrogen-bond donors (Lipinski definition) is 0. The van der Waals surface area contributed by atoms with Crippen LogP contribution in [-0.2, 0) is 4.74 Å². The maximum Gasteiger partial charge on any atom is 0.410 e. The van der Waals surface area contributed by atoms with Crippen LogP contribution < -0.4 is 4.90 Å². The van der Waals surface area contributed by atoms with Gasteiger partial charge in [-0.05, 0) is 51.6 Å². The maximum atomic E-state index is 12.2. The number of hydrogen-bond acceptors (Lipinski definition) is 6. The van der Waals surface area contributed by atoms with Crippen LogP contribution in [0, 0.1) is 0 Å². The van der Waals surface area contributed by atoms with Crippen LogP contribution in [0.2, 0.25) is 5.28 Å². The van der Waals surface area contributed by atoms with E-state index in [9.17, 15) is 4.79 Å². The predicted molar refractivity (Wildman–Crippen MR) is 88.7 cm³/mol. The van der Waals surface area contributed by atoms with Crippen molar-refractivity contribution in [2.45, 2.75) is 51.7 Å². The molecule has 1 aliphatic heterocycles. The van der Waals surface area contributed by atoms with Gasteiger partial charge in [-0.2, -0.15) is 4.98 Å². The highest BCUT2D eigenvalue weighted by atomic mass is 35.5. The molecule has 0 aliphatic carbocycles. The van der Waals surface area contributed by atoms with Gasteiger partial charge in [0.25, 0.3) is 0 Å². The Labute approximate surface area is 142 Å². The first-order chi connectivity index (χ1) is 10.8. The molecule has 1 atom stereocenters. The van der Waals surface area contributed by atoms with Crippen molar-refractivity contribution in [3.63, 3.8) is 0 Å². The zero-order valence-electron chi connectivity index (χ0n) is 14.1. The third-order valence-corrected chi connectivity index (χ3v) is 3.92. The molecule has 2 heterocycles. The van der Waals surface area contributed by atoms with E-state index >= 15 is 0 Å². The maximum absolute atomic E-state index is 12.2. The fraction of sp³-hybridized carbons (Fsp3) is 0.733. The minimum absolute atomic E-state index is 0.186. The zero-order chi connectivity index (χ0) is 17.0. The van der Waals surface area contributed by atoms with Crippen molar-refractivity contribution < 1.29 is 9.53 Å². The largest absolute Gasteiger partial charge is 0.444 e. The van der Waals surface area contributed by atoms with E-state index in [2.05, 4.69) is 15.0 Å². The molecule has 0 N–H and O–H groups in total. The summed E-state index contributed by atoms with van der Waals surface area (Å²) < 4.78 is 5.45. The van der Waals surface area contributed by atoms with Gasteiger partial charge in [0.05, 0.1) is 0 Å². The molecule has 1 aromatic rings. The van der Waals surface area contributed by atoms with E-state index < -0.39 is 5.60 Å². The second-order valence-electron chi connectivity index (χ2n) is 6.72. The Morgan fingerprint density at radius 2 is 2.09 bits per heavy atom. The summed E-state index contributed by atoms with van der Waals surface area (Å²) in [5.41, 5.74) is -0.471. The van der Waals surface area contributed by atoms with Crippen molar-refractivity contribution in [3.8, 4) is 0 Å². The lowest BCUT2D eigenvalue weighted by molar-refractivity contribution is 0.0256. The third-order valence-electron chi connectivity index (χ3n) is 3.74. The fourth-order valence-corrected chi connectivity index (χ4v) is 2.70. The summed E-state index contributed by atoms with van der Waals surface area (Å²) in [6.07, 6.45) is 3.86. The van der Waals surface area contributed by atoms with Gasteiger partial charge in [0.15, 0.2) is 0 Å². The molecule has 8 heteroatoms. The highest BCUT2D eigenvalue weighted by Gasteiger charge is 2.27. The van der Waals surface area contributed by atoms with Gasteiger partial charge in [0.2, 0.25) is 11.2 Å². The van der Waals surface area contributed by atoms with Crippen molar-refractivity contribution in [3.05, 3.63) is 11.6 Å². The van der Waals surface area contributed by atoms with E-state index in [1.165, 1.54) is 6.33 Å². The number of aromatic nitrogens is 3. The number of amides is 1. The molecule has 1 fully saturated rings. The molecule has 0 radical (unpaired) electrons. The lowest BCUT2D eigenvalue weighted by Crippen LogP contribution is -2.38. The lowest BCUT2D eigenvalue weighted by Gasteiger charge is -2.28. The van der Waals surface area contributed by atoms with Crippen LogP contribution in [0.15, 0.2) is 6.33 Å². The van der Waals surface area contributed by atoms with Crippen LogP contribution in [-0.4, -0.2) is 57.7 Å². The number of halogens is 1. The van der Waals surface area contributed by atoms with E-state index in [0.29, 0.717) is 19.0 Å². The first kappa shape index (κ1) is 17.7. The standard InChI is InChI=1S/C15H24ClN5O2/c1-15(2,3)23-14(22)21-8-5-6-11(7-9-21)20(4)13-18-10-17-12(16)19-13/h10-11H,5-9H2,1-4H3. The van der Waals surface area contributed by atoms with Gasteiger partial charge in [0, 0.05) is 26.2 Å². The summed E-state index contributed by atoms with van der Waals surface area (Å²) in [4.78, 5) is 28.1. The predicted octanol–water partition coefficient (Wildman–Crippen LogP) is 2.75. The Kier molecular flexibility index (Phi) is 5.62. The Morgan fingerprint density at radius 3 is 2.74 bits per heavy atom. The van der Waals surface area contributed by atoms with Gasteiger partial charge in [-0.15, -0.1) is 0 Å². The number of carbonyl (C=O) groups is 1. The van der Waals surface area contributed by atoms with Crippen LogP contribution in [0.4, 0.5) is 10.7 Å². The van der Waals surface area contributed by atoms with Crippen LogP contribution in [0.25, 0.3) is 0 Å². The second-order valence-corrected chi connectivity index (χ2v) is 7.06. The third kappa shape index (κ3) is 5.20. The average molecular weight is 342 g/mol. The SMILES string of the molecule is CN(c1ncnc(Cl)n1)C1CCCN(C(=O)OC(C)(C)C)CC1. The van der Waals surface area contributed by atoms with Crippen molar-refractivity contribution in [1.29, 1.82) is 0 Å². The smallest absolute Gasteiger partial charge is 0.410 e. The van der Waals surface area contributed by atoms with Gasteiger partial charge in [0.1, 0.15) is 11.9 Å². The van der Waals surface area contributed by atoms with Crippen molar-refractivity contribution in [2.24, 2.45) is 0 Å². The minimum Gasteiger partial charge on any atom is -0.444 e. The van der Waals surface area contributed by atoms with Crippen LogP contribution in [0.5, 0.6) is 0 Å². The van der Waals surface area contributed by atoms with E-state index in [-0.39, 0.29) is 17.4 Å². The summed E-state index contributed by atoms with van der Waals surface area (Å²) in [6, 6.07) is 0.251. The molecular formula is C15H24ClN5O2. The Morgan fingerprint density at radius 1 is 1.35 bits per heavy atom. The molecule has 0 spiro atoms. The fourth-order valence-electron chi connectivity index (χ4n) is 2.58. The van der Waals surface area contributed by atoms with Gasteiger partial charge in [-0.1, -0.05) is 0 Å². The number of carbonyl (C=O) groups excluding carboxylic acids is 1. The van der Waals surface area contributed by atoms with Crippen LogP contribution in [0.1, 0.15) is 40.0 Å². The molecule has 2 rings (SSSR count). The highest BCUT2D eigenvalue weighted by molar-refractivity contribution is 6.28. The van der Waals surface area contributed by atoms with E-state index in [1.807, 2.05) is 32.7 Å². The number of rotatable bonds is 2. The molecule has 1 amide bonds. The summed E-state index contributed by atoms with van der Waals surface area (Å²) in [5, 5.41) is 0.186. The van der Waals surface area contributed by atoms with E-state index in [1.54, 1.807) is 4.90 Å². The Hall–Kier alpha value is -1.63.